The Balaban J connectivity index is 1.41. The first-order valence-corrected chi connectivity index (χ1v) is 11.9. The van der Waals surface area contributed by atoms with Crippen molar-refractivity contribution < 1.29 is 27.0 Å². The molecule has 7 heteroatoms. The lowest BCUT2D eigenvalue weighted by atomic mass is 9.98. The third-order valence-corrected chi connectivity index (χ3v) is 5.84. The van der Waals surface area contributed by atoms with Gasteiger partial charge in [0, 0.05) is 10.9 Å². The lowest BCUT2D eigenvalue weighted by molar-refractivity contribution is -0.153. The van der Waals surface area contributed by atoms with Gasteiger partial charge in [-0.15, -0.1) is 0 Å². The molecule has 0 aliphatic heterocycles. The number of unbranched alkanes of at least 4 members (excludes halogenated alkanes) is 1. The Morgan fingerprint density at radius 3 is 2.31 bits per heavy atom. The minimum Gasteiger partial charge on any atom is -0.492 e. The summed E-state index contributed by atoms with van der Waals surface area (Å²) in [5, 5.41) is 1.32. The first-order chi connectivity index (χ1) is 17.3. The summed E-state index contributed by atoms with van der Waals surface area (Å²) in [5.74, 6) is 0.612. The zero-order chi connectivity index (χ0) is 25.5. The van der Waals surface area contributed by atoms with Gasteiger partial charge in [0.15, 0.2) is 6.61 Å². The van der Waals surface area contributed by atoms with Crippen LogP contribution in [0.25, 0.3) is 22.0 Å². The van der Waals surface area contributed by atoms with Gasteiger partial charge in [-0.05, 0) is 66.1 Å². The molecule has 0 amide bonds. The number of hydrogen-bond donors (Lipinski definition) is 0. The van der Waals surface area contributed by atoms with E-state index in [1.54, 1.807) is 30.5 Å². The Bertz CT molecular complexity index is 1290. The zero-order valence-corrected chi connectivity index (χ0v) is 19.9. The molecule has 4 aromatic rings. The normalized spacial score (nSPS) is 11.6. The number of benzene rings is 3. The molecule has 0 saturated carbocycles. The second kappa shape index (κ2) is 11.4. The van der Waals surface area contributed by atoms with E-state index in [2.05, 4.69) is 11.9 Å². The van der Waals surface area contributed by atoms with Crippen LogP contribution in [0.3, 0.4) is 0 Å². The number of nitrogens with zero attached hydrogens (tertiary/aromatic N) is 1. The van der Waals surface area contributed by atoms with Crippen LogP contribution in [0.5, 0.6) is 11.5 Å². The van der Waals surface area contributed by atoms with Gasteiger partial charge in [-0.2, -0.15) is 13.2 Å². The molecular weight excluding hydrogens is 470 g/mol. The number of ether oxygens (including phenoxy) is 2. The number of halogens is 4. The molecule has 0 atom stereocenters. The van der Waals surface area contributed by atoms with Gasteiger partial charge >= 0.3 is 6.18 Å². The monoisotopic (exact) mass is 497 g/mol. The Morgan fingerprint density at radius 1 is 0.833 bits per heavy atom. The van der Waals surface area contributed by atoms with E-state index in [-0.39, 0.29) is 11.6 Å². The summed E-state index contributed by atoms with van der Waals surface area (Å²) in [6.07, 6.45) is 0.402. The fourth-order valence-electron chi connectivity index (χ4n) is 3.86. The van der Waals surface area contributed by atoms with Gasteiger partial charge in [0.1, 0.15) is 17.3 Å². The zero-order valence-electron chi connectivity index (χ0n) is 19.9. The summed E-state index contributed by atoms with van der Waals surface area (Å²) in [6, 6.07) is 19.4. The van der Waals surface area contributed by atoms with Crippen molar-refractivity contribution in [1.82, 2.24) is 4.98 Å². The van der Waals surface area contributed by atoms with Crippen molar-refractivity contribution in [3.05, 3.63) is 89.9 Å². The molecule has 0 radical (unpaired) electrons. The average Bonchev–Trinajstić information content (AvgIpc) is 2.88. The van der Waals surface area contributed by atoms with Crippen molar-refractivity contribution in [2.75, 3.05) is 13.2 Å². The fourth-order valence-corrected chi connectivity index (χ4v) is 3.86. The van der Waals surface area contributed by atoms with Crippen molar-refractivity contribution in [3.8, 4) is 22.8 Å². The van der Waals surface area contributed by atoms with Crippen LogP contribution in [0.15, 0.2) is 72.9 Å². The molecule has 0 spiro atoms. The molecule has 0 saturated heterocycles. The molecule has 1 aromatic heterocycles. The van der Waals surface area contributed by atoms with Crippen molar-refractivity contribution >= 4 is 10.8 Å². The lowest BCUT2D eigenvalue weighted by Gasteiger charge is -2.11. The van der Waals surface area contributed by atoms with Crippen molar-refractivity contribution in [2.45, 2.75) is 38.8 Å². The lowest BCUT2D eigenvalue weighted by Crippen LogP contribution is -2.19. The van der Waals surface area contributed by atoms with Gasteiger partial charge in [0.05, 0.1) is 18.5 Å². The summed E-state index contributed by atoms with van der Waals surface area (Å²) >= 11 is 0. The maximum absolute atomic E-state index is 15.2. The highest BCUT2D eigenvalue weighted by molar-refractivity contribution is 5.88. The quantitative estimate of drug-likeness (QED) is 0.165. The molecular formula is C29H27F4NO2. The number of aryl methyl sites for hydroxylation is 2. The number of aromatic nitrogens is 1. The van der Waals surface area contributed by atoms with E-state index >= 15 is 4.39 Å². The van der Waals surface area contributed by atoms with E-state index < -0.39 is 12.8 Å². The Morgan fingerprint density at radius 2 is 1.61 bits per heavy atom. The van der Waals surface area contributed by atoms with E-state index in [4.69, 9.17) is 9.47 Å². The SMILES string of the molecule is CCCCOc1ccc(-c2ccc3c(F)c(CCc4ccc(OCC(F)(F)F)cc4)ccc3c2)nc1. The summed E-state index contributed by atoms with van der Waals surface area (Å²) in [6.45, 7) is 1.44. The van der Waals surface area contributed by atoms with Crippen LogP contribution in [0.4, 0.5) is 17.6 Å². The largest absolute Gasteiger partial charge is 0.492 e. The molecule has 0 unspecified atom stereocenters. The number of rotatable bonds is 10. The second-order valence-electron chi connectivity index (χ2n) is 8.60. The summed E-state index contributed by atoms with van der Waals surface area (Å²) < 4.78 is 62.5. The van der Waals surface area contributed by atoms with Crippen LogP contribution < -0.4 is 9.47 Å². The number of fused-ring (bicyclic) bond motifs is 1. The summed E-state index contributed by atoms with van der Waals surface area (Å²) in [7, 11) is 0. The van der Waals surface area contributed by atoms with Crippen LogP contribution in [0, 0.1) is 5.82 Å². The van der Waals surface area contributed by atoms with E-state index in [0.29, 0.717) is 30.4 Å². The minimum atomic E-state index is -4.38. The van der Waals surface area contributed by atoms with Crippen LogP contribution in [-0.2, 0) is 12.8 Å². The first-order valence-electron chi connectivity index (χ1n) is 11.9. The van der Waals surface area contributed by atoms with Gasteiger partial charge in [-0.25, -0.2) is 4.39 Å². The molecule has 188 valence electrons. The highest BCUT2D eigenvalue weighted by Gasteiger charge is 2.28. The molecule has 36 heavy (non-hydrogen) atoms. The summed E-state index contributed by atoms with van der Waals surface area (Å²) in [4.78, 5) is 4.48. The molecule has 4 rings (SSSR count). The molecule has 0 bridgehead atoms. The Kier molecular flexibility index (Phi) is 8.08. The average molecular weight is 498 g/mol. The van der Waals surface area contributed by atoms with Crippen molar-refractivity contribution in [1.29, 1.82) is 0 Å². The Labute approximate surface area is 207 Å². The maximum Gasteiger partial charge on any atom is 0.422 e. The van der Waals surface area contributed by atoms with E-state index in [1.807, 2.05) is 30.3 Å². The van der Waals surface area contributed by atoms with Gasteiger partial charge in [-0.3, -0.25) is 4.98 Å². The van der Waals surface area contributed by atoms with E-state index in [0.717, 1.165) is 40.8 Å². The van der Waals surface area contributed by atoms with Crippen LogP contribution in [0.1, 0.15) is 30.9 Å². The van der Waals surface area contributed by atoms with Gasteiger partial charge in [0.25, 0.3) is 0 Å². The topological polar surface area (TPSA) is 31.4 Å². The van der Waals surface area contributed by atoms with Crippen LogP contribution in [0.2, 0.25) is 0 Å². The fraction of sp³-hybridized carbons (Fsp3) is 0.276. The predicted octanol–water partition coefficient (Wildman–Crippen LogP) is 7.95. The maximum atomic E-state index is 15.2. The summed E-state index contributed by atoms with van der Waals surface area (Å²) in [5.41, 5.74) is 3.14. The van der Waals surface area contributed by atoms with Crippen molar-refractivity contribution in [2.24, 2.45) is 0 Å². The third-order valence-electron chi connectivity index (χ3n) is 5.84. The van der Waals surface area contributed by atoms with Gasteiger partial charge in [0.2, 0.25) is 0 Å². The smallest absolute Gasteiger partial charge is 0.422 e. The number of hydrogen-bond acceptors (Lipinski definition) is 3. The molecule has 3 nitrogen and oxygen atoms in total. The molecule has 0 aliphatic rings. The minimum absolute atomic E-state index is 0.150. The number of alkyl halides is 3. The molecule has 0 N–H and O–H groups in total. The van der Waals surface area contributed by atoms with Crippen molar-refractivity contribution in [3.63, 3.8) is 0 Å². The molecule has 0 fully saturated rings. The highest BCUT2D eigenvalue weighted by Crippen LogP contribution is 2.28. The molecule has 1 heterocycles. The number of pyridine rings is 1. The highest BCUT2D eigenvalue weighted by atomic mass is 19.4. The predicted molar refractivity (Wildman–Crippen MR) is 133 cm³/mol. The van der Waals surface area contributed by atoms with E-state index in [9.17, 15) is 13.2 Å². The second-order valence-corrected chi connectivity index (χ2v) is 8.60. The van der Waals surface area contributed by atoms with Crippen LogP contribution in [-0.4, -0.2) is 24.4 Å². The van der Waals surface area contributed by atoms with Crippen LogP contribution >= 0.6 is 0 Å². The Hall–Kier alpha value is -3.61. The molecule has 3 aromatic carbocycles. The van der Waals surface area contributed by atoms with Gasteiger partial charge in [-0.1, -0.05) is 49.7 Å². The molecule has 0 aliphatic carbocycles. The first kappa shape index (κ1) is 25.5. The standard InChI is InChI=1S/C29H27F4NO2/c1-2-3-16-35-25-13-15-27(34-18-25)23-10-14-26-22(17-23)9-8-21(28(26)30)7-4-20-5-11-24(12-6-20)36-19-29(31,32)33/h5-6,8-15,17-18H,2-4,7,16,19H2,1H3. The van der Waals surface area contributed by atoms with Gasteiger partial charge < -0.3 is 9.47 Å². The van der Waals surface area contributed by atoms with E-state index in [1.165, 1.54) is 12.1 Å². The third kappa shape index (κ3) is 6.74.